The number of hydrogen-bond acceptors (Lipinski definition) is 2. The van der Waals surface area contributed by atoms with Gasteiger partial charge in [0.15, 0.2) is 0 Å². The van der Waals surface area contributed by atoms with Crippen LogP contribution in [0.1, 0.15) is 6.42 Å². The van der Waals surface area contributed by atoms with Crippen molar-refractivity contribution in [2.24, 2.45) is 0 Å². The second-order valence-corrected chi connectivity index (χ2v) is 4.20. The zero-order valence-corrected chi connectivity index (χ0v) is 10.4. The lowest BCUT2D eigenvalue weighted by atomic mass is 10.3. The van der Waals surface area contributed by atoms with Crippen LogP contribution in [0.25, 0.3) is 0 Å². The van der Waals surface area contributed by atoms with Crippen molar-refractivity contribution in [2.45, 2.75) is 6.42 Å². The second kappa shape index (κ2) is 6.27. The summed E-state index contributed by atoms with van der Waals surface area (Å²) in [6, 6.07) is 5.59. The molecule has 0 aliphatic heterocycles. The van der Waals surface area contributed by atoms with Crippen molar-refractivity contribution in [3.63, 3.8) is 0 Å². The lowest BCUT2D eigenvalue weighted by Crippen LogP contribution is -2.11. The minimum absolute atomic E-state index is 0.651. The van der Waals surface area contributed by atoms with Crippen LogP contribution in [0.4, 0.5) is 0 Å². The molecule has 0 aliphatic rings. The zero-order chi connectivity index (χ0) is 10.4. The molecular formula is C10H13BrClNO. The Morgan fingerprint density at radius 3 is 3.00 bits per heavy atom. The first-order chi connectivity index (χ1) is 6.74. The van der Waals surface area contributed by atoms with Crippen molar-refractivity contribution in [1.29, 1.82) is 0 Å². The number of halogens is 2. The van der Waals surface area contributed by atoms with Crippen LogP contribution in [0, 0.1) is 0 Å². The van der Waals surface area contributed by atoms with Gasteiger partial charge in [-0.3, -0.25) is 0 Å². The highest BCUT2D eigenvalue weighted by Gasteiger charge is 2.01. The van der Waals surface area contributed by atoms with Crippen molar-refractivity contribution in [3.8, 4) is 5.75 Å². The minimum Gasteiger partial charge on any atom is -0.492 e. The monoisotopic (exact) mass is 277 g/mol. The van der Waals surface area contributed by atoms with E-state index in [2.05, 4.69) is 21.2 Å². The van der Waals surface area contributed by atoms with Crippen LogP contribution in [0.3, 0.4) is 0 Å². The quantitative estimate of drug-likeness (QED) is 0.836. The van der Waals surface area contributed by atoms with Gasteiger partial charge in [-0.25, -0.2) is 0 Å². The Labute approximate surface area is 97.7 Å². The fourth-order valence-corrected chi connectivity index (χ4v) is 1.53. The summed E-state index contributed by atoms with van der Waals surface area (Å²) in [6.45, 7) is 1.63. The molecule has 0 bridgehead atoms. The molecule has 0 heterocycles. The second-order valence-electron chi connectivity index (χ2n) is 2.88. The van der Waals surface area contributed by atoms with Crippen molar-refractivity contribution in [3.05, 3.63) is 27.7 Å². The van der Waals surface area contributed by atoms with Crippen LogP contribution >= 0.6 is 27.5 Å². The van der Waals surface area contributed by atoms with E-state index in [4.69, 9.17) is 16.3 Å². The molecule has 0 amide bonds. The lowest BCUT2D eigenvalue weighted by Gasteiger charge is -2.07. The smallest absolute Gasteiger partial charge is 0.139 e. The Morgan fingerprint density at radius 1 is 1.50 bits per heavy atom. The molecule has 0 atom stereocenters. The Bertz CT molecular complexity index is 293. The highest BCUT2D eigenvalue weighted by Crippen LogP contribution is 2.27. The highest BCUT2D eigenvalue weighted by molar-refractivity contribution is 9.10. The van der Waals surface area contributed by atoms with Crippen molar-refractivity contribution >= 4 is 27.5 Å². The van der Waals surface area contributed by atoms with Crippen molar-refractivity contribution in [2.75, 3.05) is 20.2 Å². The fourth-order valence-electron chi connectivity index (χ4n) is 1.02. The maximum Gasteiger partial charge on any atom is 0.139 e. The molecule has 0 unspecified atom stereocenters. The lowest BCUT2D eigenvalue weighted by molar-refractivity contribution is 0.310. The van der Waals surface area contributed by atoms with Crippen LogP contribution in [0.15, 0.2) is 22.7 Å². The van der Waals surface area contributed by atoms with E-state index in [1.807, 2.05) is 25.2 Å². The van der Waals surface area contributed by atoms with Gasteiger partial charge < -0.3 is 10.1 Å². The van der Waals surface area contributed by atoms with Gasteiger partial charge >= 0.3 is 0 Å². The number of nitrogens with one attached hydrogen (secondary N) is 1. The molecule has 4 heteroatoms. The normalized spacial score (nSPS) is 10.2. The average Bonchev–Trinajstić information content (AvgIpc) is 2.18. The van der Waals surface area contributed by atoms with E-state index in [0.29, 0.717) is 11.6 Å². The maximum absolute atomic E-state index is 5.95. The van der Waals surface area contributed by atoms with E-state index in [1.165, 1.54) is 0 Å². The van der Waals surface area contributed by atoms with Gasteiger partial charge in [0.05, 0.1) is 11.6 Å². The molecule has 0 saturated carbocycles. The summed E-state index contributed by atoms with van der Waals surface area (Å²) in [5.41, 5.74) is 0. The van der Waals surface area contributed by atoms with Gasteiger partial charge in [-0.2, -0.15) is 0 Å². The predicted molar refractivity (Wildman–Crippen MR) is 63.2 cm³/mol. The summed E-state index contributed by atoms with van der Waals surface area (Å²) in [5.74, 6) is 0.733. The number of rotatable bonds is 5. The van der Waals surface area contributed by atoms with Crippen LogP contribution in [-0.4, -0.2) is 20.2 Å². The summed E-state index contributed by atoms with van der Waals surface area (Å²) in [5, 5.41) is 3.71. The summed E-state index contributed by atoms with van der Waals surface area (Å²) in [6.07, 6.45) is 0.972. The number of ether oxygens (including phenoxy) is 1. The summed E-state index contributed by atoms with van der Waals surface area (Å²) >= 11 is 9.32. The van der Waals surface area contributed by atoms with Gasteiger partial charge in [-0.05, 0) is 38.2 Å². The third kappa shape index (κ3) is 3.86. The average molecular weight is 279 g/mol. The SMILES string of the molecule is CNCCCOc1cc(Br)ccc1Cl. The van der Waals surface area contributed by atoms with Gasteiger partial charge in [-0.1, -0.05) is 27.5 Å². The van der Waals surface area contributed by atoms with E-state index >= 15 is 0 Å². The molecule has 0 saturated heterocycles. The minimum atomic E-state index is 0.651. The topological polar surface area (TPSA) is 21.3 Å². The molecule has 0 fully saturated rings. The van der Waals surface area contributed by atoms with Gasteiger partial charge in [0.2, 0.25) is 0 Å². The fraction of sp³-hybridized carbons (Fsp3) is 0.400. The summed E-state index contributed by atoms with van der Waals surface area (Å²) < 4.78 is 6.50. The molecule has 1 N–H and O–H groups in total. The van der Waals surface area contributed by atoms with Crippen LogP contribution in [-0.2, 0) is 0 Å². The van der Waals surface area contributed by atoms with E-state index in [9.17, 15) is 0 Å². The van der Waals surface area contributed by atoms with Gasteiger partial charge in [0, 0.05) is 4.47 Å². The van der Waals surface area contributed by atoms with Crippen LogP contribution in [0.2, 0.25) is 5.02 Å². The highest BCUT2D eigenvalue weighted by atomic mass is 79.9. The Hall–Kier alpha value is -0.250. The molecule has 2 nitrogen and oxygen atoms in total. The molecule has 0 spiro atoms. The van der Waals surface area contributed by atoms with Crippen LogP contribution < -0.4 is 10.1 Å². The first-order valence-corrected chi connectivity index (χ1v) is 5.63. The van der Waals surface area contributed by atoms with Crippen LogP contribution in [0.5, 0.6) is 5.75 Å². The third-order valence-electron chi connectivity index (χ3n) is 1.72. The van der Waals surface area contributed by atoms with E-state index in [-0.39, 0.29) is 0 Å². The molecule has 1 aromatic rings. The Balaban J connectivity index is 2.45. The Morgan fingerprint density at radius 2 is 2.29 bits per heavy atom. The first kappa shape index (κ1) is 11.8. The molecular weight excluding hydrogens is 265 g/mol. The van der Waals surface area contributed by atoms with E-state index in [1.54, 1.807) is 0 Å². The van der Waals surface area contributed by atoms with Gasteiger partial charge in [-0.15, -0.1) is 0 Å². The molecule has 0 aliphatic carbocycles. The molecule has 78 valence electrons. The number of benzene rings is 1. The third-order valence-corrected chi connectivity index (χ3v) is 2.53. The Kier molecular flexibility index (Phi) is 5.30. The summed E-state index contributed by atoms with van der Waals surface area (Å²) in [4.78, 5) is 0. The zero-order valence-electron chi connectivity index (χ0n) is 8.02. The summed E-state index contributed by atoms with van der Waals surface area (Å²) in [7, 11) is 1.92. The molecule has 1 rings (SSSR count). The first-order valence-electron chi connectivity index (χ1n) is 4.46. The standard InChI is InChI=1S/C10H13BrClNO/c1-13-5-2-6-14-10-7-8(11)3-4-9(10)12/h3-4,7,13H,2,5-6H2,1H3. The van der Waals surface area contributed by atoms with Crippen molar-refractivity contribution < 1.29 is 4.74 Å². The predicted octanol–water partition coefficient (Wildman–Crippen LogP) is 3.09. The molecule has 0 radical (unpaired) electrons. The molecule has 0 aromatic heterocycles. The molecule has 14 heavy (non-hydrogen) atoms. The van der Waals surface area contributed by atoms with Gasteiger partial charge in [0.1, 0.15) is 5.75 Å². The largest absolute Gasteiger partial charge is 0.492 e. The maximum atomic E-state index is 5.95. The van der Waals surface area contributed by atoms with Crippen molar-refractivity contribution in [1.82, 2.24) is 5.32 Å². The molecule has 1 aromatic carbocycles. The number of hydrogen-bond donors (Lipinski definition) is 1. The van der Waals surface area contributed by atoms with E-state index < -0.39 is 0 Å². The van der Waals surface area contributed by atoms with E-state index in [0.717, 1.165) is 23.2 Å². The van der Waals surface area contributed by atoms with Gasteiger partial charge in [0.25, 0.3) is 0 Å².